The van der Waals surface area contributed by atoms with E-state index >= 15 is 0 Å². The molecule has 0 aliphatic heterocycles. The number of ether oxygens (including phenoxy) is 1. The molecule has 2 aromatic rings. The molecular weight excluding hydrogens is 260 g/mol. The van der Waals surface area contributed by atoms with Gasteiger partial charge in [0.1, 0.15) is 17.5 Å². The maximum atomic E-state index is 6.18. The summed E-state index contributed by atoms with van der Waals surface area (Å²) in [6, 6.07) is 7.94. The van der Waals surface area contributed by atoms with E-state index in [0.717, 1.165) is 36.3 Å². The lowest BCUT2D eigenvalue weighted by molar-refractivity contribution is 0.295. The Morgan fingerprint density at radius 1 is 1.26 bits per heavy atom. The van der Waals surface area contributed by atoms with Crippen LogP contribution in [-0.2, 0) is 19.4 Å². The number of halogens is 1. The predicted octanol–water partition coefficient (Wildman–Crippen LogP) is 3.51. The van der Waals surface area contributed by atoms with Gasteiger partial charge >= 0.3 is 0 Å². The third-order valence-corrected chi connectivity index (χ3v) is 3.60. The van der Waals surface area contributed by atoms with E-state index in [2.05, 4.69) is 9.97 Å². The van der Waals surface area contributed by atoms with E-state index in [-0.39, 0.29) is 0 Å². The van der Waals surface area contributed by atoms with Gasteiger partial charge in [-0.1, -0.05) is 23.7 Å². The van der Waals surface area contributed by atoms with E-state index in [1.807, 2.05) is 31.2 Å². The molecule has 19 heavy (non-hydrogen) atoms. The van der Waals surface area contributed by atoms with Crippen LogP contribution >= 0.6 is 11.6 Å². The van der Waals surface area contributed by atoms with Gasteiger partial charge in [-0.2, -0.15) is 0 Å². The zero-order valence-electron chi connectivity index (χ0n) is 10.8. The summed E-state index contributed by atoms with van der Waals surface area (Å²) >= 11 is 6.18. The topological polar surface area (TPSA) is 35.0 Å². The largest absolute Gasteiger partial charge is 0.486 e. The average molecular weight is 275 g/mol. The van der Waals surface area contributed by atoms with Crippen LogP contribution in [0.2, 0.25) is 5.15 Å². The molecule has 1 aliphatic rings. The summed E-state index contributed by atoms with van der Waals surface area (Å²) in [4.78, 5) is 8.84. The van der Waals surface area contributed by atoms with Crippen molar-refractivity contribution in [1.82, 2.24) is 9.97 Å². The zero-order valence-corrected chi connectivity index (χ0v) is 11.6. The highest BCUT2D eigenvalue weighted by molar-refractivity contribution is 6.30. The molecule has 0 radical (unpaired) electrons. The Morgan fingerprint density at radius 2 is 2.16 bits per heavy atom. The molecule has 3 rings (SSSR count). The number of hydrogen-bond acceptors (Lipinski definition) is 3. The Kier molecular flexibility index (Phi) is 3.38. The number of hydrogen-bond donors (Lipinski definition) is 0. The SMILES string of the molecule is Cc1cccc(OCc2nc(Cl)c3c(n2)CCC3)c1. The molecule has 0 atom stereocenters. The zero-order chi connectivity index (χ0) is 13.2. The Balaban J connectivity index is 1.76. The van der Waals surface area contributed by atoms with Crippen LogP contribution in [-0.4, -0.2) is 9.97 Å². The fraction of sp³-hybridized carbons (Fsp3) is 0.333. The van der Waals surface area contributed by atoms with Crippen molar-refractivity contribution in [2.24, 2.45) is 0 Å². The minimum Gasteiger partial charge on any atom is -0.486 e. The van der Waals surface area contributed by atoms with Gasteiger partial charge in [0, 0.05) is 11.3 Å². The first kappa shape index (κ1) is 12.4. The maximum Gasteiger partial charge on any atom is 0.167 e. The van der Waals surface area contributed by atoms with Crippen LogP contribution < -0.4 is 4.74 Å². The normalized spacial score (nSPS) is 13.4. The summed E-state index contributed by atoms with van der Waals surface area (Å²) in [7, 11) is 0. The van der Waals surface area contributed by atoms with Gasteiger partial charge in [0.05, 0.1) is 0 Å². The van der Waals surface area contributed by atoms with Gasteiger partial charge in [-0.05, 0) is 43.9 Å². The summed E-state index contributed by atoms with van der Waals surface area (Å²) in [5.41, 5.74) is 3.37. The van der Waals surface area contributed by atoms with Crippen LogP contribution in [0.3, 0.4) is 0 Å². The van der Waals surface area contributed by atoms with Crippen LogP contribution in [0, 0.1) is 6.92 Å². The van der Waals surface area contributed by atoms with Crippen molar-refractivity contribution in [3.05, 3.63) is 52.1 Å². The molecule has 4 heteroatoms. The fourth-order valence-electron chi connectivity index (χ4n) is 2.35. The third-order valence-electron chi connectivity index (χ3n) is 3.29. The minimum absolute atomic E-state index is 0.358. The number of aromatic nitrogens is 2. The summed E-state index contributed by atoms with van der Waals surface area (Å²) < 4.78 is 5.70. The van der Waals surface area contributed by atoms with Crippen molar-refractivity contribution < 1.29 is 4.74 Å². The van der Waals surface area contributed by atoms with Crippen LogP contribution in [0.4, 0.5) is 0 Å². The van der Waals surface area contributed by atoms with E-state index in [1.165, 1.54) is 5.56 Å². The standard InChI is InChI=1S/C15H15ClN2O/c1-10-4-2-5-11(8-10)19-9-14-17-13-7-3-6-12(13)15(16)18-14/h2,4-5,8H,3,6-7,9H2,1H3. The molecule has 98 valence electrons. The lowest BCUT2D eigenvalue weighted by Gasteiger charge is -2.08. The number of nitrogens with zero attached hydrogens (tertiary/aromatic N) is 2. The van der Waals surface area contributed by atoms with Crippen molar-refractivity contribution >= 4 is 11.6 Å². The summed E-state index contributed by atoms with van der Waals surface area (Å²) in [5.74, 6) is 1.49. The van der Waals surface area contributed by atoms with E-state index in [4.69, 9.17) is 16.3 Å². The monoisotopic (exact) mass is 274 g/mol. The van der Waals surface area contributed by atoms with Gasteiger partial charge in [0.25, 0.3) is 0 Å². The minimum atomic E-state index is 0.358. The summed E-state index contributed by atoms with van der Waals surface area (Å²) in [6.07, 6.45) is 3.11. The Hall–Kier alpha value is -1.61. The first-order valence-corrected chi connectivity index (χ1v) is 6.84. The second-order valence-electron chi connectivity index (χ2n) is 4.81. The maximum absolute atomic E-state index is 6.18. The molecule has 3 nitrogen and oxygen atoms in total. The quantitative estimate of drug-likeness (QED) is 0.804. The predicted molar refractivity (Wildman–Crippen MR) is 74.6 cm³/mol. The van der Waals surface area contributed by atoms with Crippen LogP contribution in [0.5, 0.6) is 5.75 Å². The molecule has 0 N–H and O–H groups in total. The molecule has 0 unspecified atom stereocenters. The summed E-state index contributed by atoms with van der Waals surface area (Å²) in [6.45, 7) is 2.39. The molecular formula is C15H15ClN2O. The Bertz CT molecular complexity index is 613. The van der Waals surface area contributed by atoms with Crippen molar-refractivity contribution in [1.29, 1.82) is 0 Å². The molecule has 1 aliphatic carbocycles. The van der Waals surface area contributed by atoms with Crippen molar-refractivity contribution in [2.75, 3.05) is 0 Å². The van der Waals surface area contributed by atoms with Crippen LogP contribution in [0.25, 0.3) is 0 Å². The van der Waals surface area contributed by atoms with E-state index in [9.17, 15) is 0 Å². The van der Waals surface area contributed by atoms with Crippen molar-refractivity contribution in [3.8, 4) is 5.75 Å². The first-order valence-electron chi connectivity index (χ1n) is 6.46. The number of aryl methyl sites for hydroxylation is 2. The highest BCUT2D eigenvalue weighted by atomic mass is 35.5. The number of benzene rings is 1. The average Bonchev–Trinajstić information content (AvgIpc) is 2.85. The third kappa shape index (κ3) is 2.71. The number of fused-ring (bicyclic) bond motifs is 1. The number of rotatable bonds is 3. The summed E-state index contributed by atoms with van der Waals surface area (Å²) in [5, 5.41) is 0.588. The highest BCUT2D eigenvalue weighted by Crippen LogP contribution is 2.26. The second-order valence-corrected chi connectivity index (χ2v) is 5.17. The second kappa shape index (κ2) is 5.17. The molecule has 0 spiro atoms. The molecule has 1 aromatic carbocycles. The van der Waals surface area contributed by atoms with Gasteiger partial charge in [-0.25, -0.2) is 9.97 Å². The molecule has 1 aromatic heterocycles. The molecule has 1 heterocycles. The lowest BCUT2D eigenvalue weighted by Crippen LogP contribution is -2.05. The molecule has 0 amide bonds. The van der Waals surface area contributed by atoms with Gasteiger partial charge in [-0.15, -0.1) is 0 Å². The Morgan fingerprint density at radius 3 is 3.00 bits per heavy atom. The fourth-order valence-corrected chi connectivity index (χ4v) is 2.65. The van der Waals surface area contributed by atoms with Crippen LogP contribution in [0.15, 0.2) is 24.3 Å². The van der Waals surface area contributed by atoms with E-state index in [1.54, 1.807) is 0 Å². The smallest absolute Gasteiger partial charge is 0.167 e. The van der Waals surface area contributed by atoms with Gasteiger partial charge < -0.3 is 4.74 Å². The molecule has 0 fully saturated rings. The first-order chi connectivity index (χ1) is 9.22. The Labute approximate surface area is 117 Å². The van der Waals surface area contributed by atoms with E-state index in [0.29, 0.717) is 17.6 Å². The molecule has 0 bridgehead atoms. The van der Waals surface area contributed by atoms with E-state index < -0.39 is 0 Å². The molecule has 0 saturated carbocycles. The van der Waals surface area contributed by atoms with Crippen LogP contribution in [0.1, 0.15) is 29.1 Å². The lowest BCUT2D eigenvalue weighted by atomic mass is 10.2. The van der Waals surface area contributed by atoms with Gasteiger partial charge in [-0.3, -0.25) is 0 Å². The molecule has 0 saturated heterocycles. The highest BCUT2D eigenvalue weighted by Gasteiger charge is 2.18. The van der Waals surface area contributed by atoms with Crippen molar-refractivity contribution in [2.45, 2.75) is 32.8 Å². The van der Waals surface area contributed by atoms with Gasteiger partial charge in [0.15, 0.2) is 5.82 Å². The van der Waals surface area contributed by atoms with Gasteiger partial charge in [0.2, 0.25) is 0 Å². The van der Waals surface area contributed by atoms with Crippen molar-refractivity contribution in [3.63, 3.8) is 0 Å².